The van der Waals surface area contributed by atoms with Gasteiger partial charge in [-0.3, -0.25) is 14.1 Å². The largest absolute Gasteiger partial charge is 0.392 e. The summed E-state index contributed by atoms with van der Waals surface area (Å²) in [5, 5.41) is 9.43. The summed E-state index contributed by atoms with van der Waals surface area (Å²) in [7, 11) is 0. The Morgan fingerprint density at radius 1 is 1.29 bits per heavy atom. The first kappa shape index (κ1) is 14.0. The maximum Gasteiger partial charge on any atom is 0.259 e. The zero-order valence-electron chi connectivity index (χ0n) is 12.1. The molecule has 0 spiro atoms. The number of rotatable bonds is 3. The second-order valence-corrected chi connectivity index (χ2v) is 5.52. The molecule has 3 rings (SSSR count). The molecule has 1 saturated heterocycles. The number of hydrogen-bond donors (Lipinski definition) is 1. The van der Waals surface area contributed by atoms with E-state index in [4.69, 9.17) is 0 Å². The molecule has 0 aromatic carbocycles. The quantitative estimate of drug-likeness (QED) is 0.874. The monoisotopic (exact) mass is 288 g/mol. The molecule has 1 N–H and O–H groups in total. The van der Waals surface area contributed by atoms with E-state index in [-0.39, 0.29) is 11.7 Å². The highest BCUT2D eigenvalue weighted by Crippen LogP contribution is 2.13. The van der Waals surface area contributed by atoms with Crippen LogP contribution in [0.2, 0.25) is 0 Å². The average molecular weight is 288 g/mol. The van der Waals surface area contributed by atoms with E-state index >= 15 is 0 Å². The molecule has 2 aromatic rings. The van der Waals surface area contributed by atoms with Crippen LogP contribution in [0.25, 0.3) is 5.65 Å². The molecule has 6 nitrogen and oxygen atoms in total. The molecule has 1 aliphatic heterocycles. The van der Waals surface area contributed by atoms with Crippen LogP contribution in [0.3, 0.4) is 0 Å². The third-order valence-electron chi connectivity index (χ3n) is 3.78. The minimum absolute atomic E-state index is 0.0537. The number of fused-ring (bicyclic) bond motifs is 1. The minimum atomic E-state index is -0.306. The second-order valence-electron chi connectivity index (χ2n) is 5.52. The first-order valence-corrected chi connectivity index (χ1v) is 7.27. The molecule has 0 bridgehead atoms. The molecule has 112 valence electrons. The summed E-state index contributed by atoms with van der Waals surface area (Å²) >= 11 is 0. The van der Waals surface area contributed by atoms with Crippen molar-refractivity contribution < 1.29 is 5.11 Å². The summed E-state index contributed by atoms with van der Waals surface area (Å²) in [6.45, 7) is 5.89. The molecule has 0 saturated carbocycles. The van der Waals surface area contributed by atoms with Gasteiger partial charge in [-0.25, -0.2) is 4.98 Å². The predicted octanol–water partition coefficient (Wildman–Crippen LogP) is 0.197. The summed E-state index contributed by atoms with van der Waals surface area (Å²) in [5.41, 5.74) is 0.619. The van der Waals surface area contributed by atoms with Crippen LogP contribution in [-0.4, -0.2) is 58.2 Å². The van der Waals surface area contributed by atoms with Crippen LogP contribution >= 0.6 is 0 Å². The molecule has 6 heteroatoms. The third kappa shape index (κ3) is 3.06. The van der Waals surface area contributed by atoms with Gasteiger partial charge >= 0.3 is 0 Å². The van der Waals surface area contributed by atoms with Crippen molar-refractivity contribution in [1.82, 2.24) is 14.3 Å². The molecule has 1 aliphatic rings. The van der Waals surface area contributed by atoms with E-state index in [1.807, 2.05) is 18.2 Å². The zero-order chi connectivity index (χ0) is 14.8. The van der Waals surface area contributed by atoms with Gasteiger partial charge in [0.05, 0.1) is 6.10 Å². The molecule has 0 amide bonds. The lowest BCUT2D eigenvalue weighted by Crippen LogP contribution is -2.48. The number of nitrogens with zero attached hydrogens (tertiary/aromatic N) is 4. The van der Waals surface area contributed by atoms with Crippen LogP contribution in [0, 0.1) is 0 Å². The molecule has 0 unspecified atom stereocenters. The van der Waals surface area contributed by atoms with Gasteiger partial charge in [0.25, 0.3) is 5.56 Å². The lowest BCUT2D eigenvalue weighted by Gasteiger charge is -2.35. The molecule has 2 aromatic heterocycles. The molecule has 1 atom stereocenters. The van der Waals surface area contributed by atoms with Gasteiger partial charge in [0.2, 0.25) is 0 Å². The summed E-state index contributed by atoms with van der Waals surface area (Å²) in [6.07, 6.45) is 1.43. The Labute approximate surface area is 123 Å². The van der Waals surface area contributed by atoms with Gasteiger partial charge in [0.15, 0.2) is 0 Å². The number of pyridine rings is 1. The summed E-state index contributed by atoms with van der Waals surface area (Å²) in [5.74, 6) is 0.739. The lowest BCUT2D eigenvalue weighted by molar-refractivity contribution is 0.122. The van der Waals surface area contributed by atoms with Gasteiger partial charge in [-0.1, -0.05) is 6.07 Å². The standard InChI is InChI=1S/C15H20N4O2/c1-12(20)11-17-6-8-18(9-7-17)14-10-15(21)19-5-3-2-4-13(19)16-14/h2-5,10,12,20H,6-9,11H2,1H3/t12-/m1/s1. The lowest BCUT2D eigenvalue weighted by atomic mass is 10.2. The summed E-state index contributed by atoms with van der Waals surface area (Å²) < 4.78 is 1.55. The number of anilines is 1. The zero-order valence-corrected chi connectivity index (χ0v) is 12.1. The van der Waals surface area contributed by atoms with E-state index in [1.54, 1.807) is 23.6 Å². The number of aliphatic hydroxyl groups excluding tert-OH is 1. The minimum Gasteiger partial charge on any atom is -0.392 e. The van der Waals surface area contributed by atoms with Crippen molar-refractivity contribution >= 4 is 11.5 Å². The molecule has 1 fully saturated rings. The number of piperazine rings is 1. The van der Waals surface area contributed by atoms with Gasteiger partial charge in [-0.2, -0.15) is 0 Å². The van der Waals surface area contributed by atoms with Crippen molar-refractivity contribution in [2.75, 3.05) is 37.6 Å². The maximum absolute atomic E-state index is 12.1. The van der Waals surface area contributed by atoms with Crippen molar-refractivity contribution in [3.05, 3.63) is 40.8 Å². The molecule has 0 aliphatic carbocycles. The van der Waals surface area contributed by atoms with E-state index in [2.05, 4.69) is 14.8 Å². The fourth-order valence-electron chi connectivity index (χ4n) is 2.74. The average Bonchev–Trinajstić information content (AvgIpc) is 2.47. The third-order valence-corrected chi connectivity index (χ3v) is 3.78. The smallest absolute Gasteiger partial charge is 0.259 e. The van der Waals surface area contributed by atoms with Crippen molar-refractivity contribution in [1.29, 1.82) is 0 Å². The van der Waals surface area contributed by atoms with Gasteiger partial charge in [-0.15, -0.1) is 0 Å². The fraction of sp³-hybridized carbons (Fsp3) is 0.467. The Kier molecular flexibility index (Phi) is 3.90. The second kappa shape index (κ2) is 5.83. The van der Waals surface area contributed by atoms with Gasteiger partial charge < -0.3 is 10.0 Å². The topological polar surface area (TPSA) is 61.1 Å². The number of hydrogen-bond acceptors (Lipinski definition) is 5. The summed E-state index contributed by atoms with van der Waals surface area (Å²) in [4.78, 5) is 21.0. The Hall–Kier alpha value is -1.92. The van der Waals surface area contributed by atoms with Gasteiger partial charge in [-0.05, 0) is 19.1 Å². The highest BCUT2D eigenvalue weighted by atomic mass is 16.3. The number of aliphatic hydroxyl groups is 1. The van der Waals surface area contributed by atoms with E-state index < -0.39 is 0 Å². The SMILES string of the molecule is C[C@@H](O)CN1CCN(c2cc(=O)n3ccccc3n2)CC1. The number of aromatic nitrogens is 2. The Morgan fingerprint density at radius 2 is 2.05 bits per heavy atom. The normalized spacial score (nSPS) is 18.1. The van der Waals surface area contributed by atoms with Crippen LogP contribution in [0.4, 0.5) is 5.82 Å². The molecular weight excluding hydrogens is 268 g/mol. The van der Waals surface area contributed by atoms with Gasteiger partial charge in [0.1, 0.15) is 11.5 Å². The maximum atomic E-state index is 12.1. The predicted molar refractivity (Wildman–Crippen MR) is 81.8 cm³/mol. The van der Waals surface area contributed by atoms with Gasteiger partial charge in [0, 0.05) is 45.0 Å². The fourth-order valence-corrected chi connectivity index (χ4v) is 2.74. The van der Waals surface area contributed by atoms with Crippen molar-refractivity contribution in [2.45, 2.75) is 13.0 Å². The van der Waals surface area contributed by atoms with E-state index in [0.717, 1.165) is 32.0 Å². The summed E-state index contributed by atoms with van der Waals surface area (Å²) in [6, 6.07) is 7.14. The van der Waals surface area contributed by atoms with E-state index in [9.17, 15) is 9.90 Å². The first-order chi connectivity index (χ1) is 10.1. The van der Waals surface area contributed by atoms with Crippen LogP contribution < -0.4 is 10.5 Å². The Bertz CT molecular complexity index is 675. The van der Waals surface area contributed by atoms with Crippen LogP contribution in [0.5, 0.6) is 0 Å². The highest BCUT2D eigenvalue weighted by molar-refractivity contribution is 5.48. The Morgan fingerprint density at radius 3 is 2.76 bits per heavy atom. The van der Waals surface area contributed by atoms with Crippen molar-refractivity contribution in [2.24, 2.45) is 0 Å². The van der Waals surface area contributed by atoms with E-state index in [0.29, 0.717) is 12.2 Å². The van der Waals surface area contributed by atoms with Crippen LogP contribution in [0.1, 0.15) is 6.92 Å². The van der Waals surface area contributed by atoms with Crippen molar-refractivity contribution in [3.63, 3.8) is 0 Å². The highest BCUT2D eigenvalue weighted by Gasteiger charge is 2.19. The Balaban J connectivity index is 1.78. The van der Waals surface area contributed by atoms with E-state index in [1.165, 1.54) is 0 Å². The number of β-amino-alcohol motifs (C(OH)–C–C–N with tert-alkyl or cyclic N) is 1. The molecule has 0 radical (unpaired) electrons. The van der Waals surface area contributed by atoms with Crippen LogP contribution in [0.15, 0.2) is 35.3 Å². The van der Waals surface area contributed by atoms with Crippen LogP contribution in [-0.2, 0) is 0 Å². The first-order valence-electron chi connectivity index (χ1n) is 7.27. The van der Waals surface area contributed by atoms with Crippen molar-refractivity contribution in [3.8, 4) is 0 Å². The molecule has 3 heterocycles. The molecule has 21 heavy (non-hydrogen) atoms. The molecular formula is C15H20N4O2.